The van der Waals surface area contributed by atoms with E-state index in [1.165, 1.54) is 7.11 Å². The quantitative estimate of drug-likeness (QED) is 0.512. The number of nitrogens with zero attached hydrogens (tertiary/aromatic N) is 1. The summed E-state index contributed by atoms with van der Waals surface area (Å²) in [6.45, 7) is 4.62. The summed E-state index contributed by atoms with van der Waals surface area (Å²) in [6, 6.07) is 1.73. The number of hydrogen-bond donors (Lipinski definition) is 1. The first-order chi connectivity index (χ1) is 6.61. The Labute approximate surface area is 85.2 Å². The van der Waals surface area contributed by atoms with Gasteiger partial charge in [-0.25, -0.2) is 0 Å². The molecular formula is C10H18N2O2. The van der Waals surface area contributed by atoms with Crippen molar-refractivity contribution in [2.24, 2.45) is 5.92 Å². The monoisotopic (exact) mass is 198 g/mol. The largest absolute Gasteiger partial charge is 0.468 e. The first-order valence-corrected chi connectivity index (χ1v) is 4.80. The summed E-state index contributed by atoms with van der Waals surface area (Å²) in [5.41, 5.74) is 0. The Morgan fingerprint density at radius 2 is 2.21 bits per heavy atom. The number of hydrogen-bond acceptors (Lipinski definition) is 4. The first-order valence-electron chi connectivity index (χ1n) is 4.80. The molecule has 0 amide bonds. The van der Waals surface area contributed by atoms with Crippen molar-refractivity contribution >= 4 is 5.97 Å². The number of carbonyl (C=O) groups is 1. The van der Waals surface area contributed by atoms with Gasteiger partial charge in [-0.3, -0.25) is 4.79 Å². The van der Waals surface area contributed by atoms with Gasteiger partial charge in [-0.1, -0.05) is 13.8 Å². The van der Waals surface area contributed by atoms with E-state index in [2.05, 4.69) is 10.1 Å². The van der Waals surface area contributed by atoms with E-state index in [-0.39, 0.29) is 12.0 Å². The van der Waals surface area contributed by atoms with Crippen LogP contribution in [0, 0.1) is 17.2 Å². The SMILES string of the molecule is COC(=O)[C@H](CC(C)C)NCCC#N. The van der Waals surface area contributed by atoms with Crippen LogP contribution in [0.15, 0.2) is 0 Å². The van der Waals surface area contributed by atoms with Crippen molar-refractivity contribution in [3.63, 3.8) is 0 Å². The maximum atomic E-state index is 11.3. The van der Waals surface area contributed by atoms with Gasteiger partial charge in [-0.2, -0.15) is 5.26 Å². The Hall–Kier alpha value is -1.08. The molecule has 0 spiro atoms. The minimum Gasteiger partial charge on any atom is -0.468 e. The molecule has 0 radical (unpaired) electrons. The maximum Gasteiger partial charge on any atom is 0.322 e. The molecule has 1 atom stereocenters. The highest BCUT2D eigenvalue weighted by atomic mass is 16.5. The molecule has 0 rings (SSSR count). The average molecular weight is 198 g/mol. The molecule has 0 aromatic heterocycles. The zero-order valence-electron chi connectivity index (χ0n) is 9.04. The van der Waals surface area contributed by atoms with E-state index < -0.39 is 0 Å². The van der Waals surface area contributed by atoms with Crippen LogP contribution in [0.2, 0.25) is 0 Å². The Morgan fingerprint density at radius 1 is 1.57 bits per heavy atom. The van der Waals surface area contributed by atoms with Gasteiger partial charge >= 0.3 is 5.97 Å². The minimum atomic E-state index is -0.284. The molecule has 0 saturated carbocycles. The molecule has 80 valence electrons. The van der Waals surface area contributed by atoms with Crippen molar-refractivity contribution in [2.45, 2.75) is 32.7 Å². The fourth-order valence-corrected chi connectivity index (χ4v) is 1.18. The lowest BCUT2D eigenvalue weighted by Gasteiger charge is -2.17. The van der Waals surface area contributed by atoms with Crippen LogP contribution in [0.3, 0.4) is 0 Å². The molecule has 0 aliphatic rings. The molecule has 4 heteroatoms. The third-order valence-electron chi connectivity index (χ3n) is 1.82. The number of esters is 1. The molecule has 0 aromatic rings. The lowest BCUT2D eigenvalue weighted by molar-refractivity contribution is -0.143. The summed E-state index contributed by atoms with van der Waals surface area (Å²) in [7, 11) is 1.38. The molecule has 0 heterocycles. The van der Waals surface area contributed by atoms with Crippen LogP contribution >= 0.6 is 0 Å². The number of ether oxygens (including phenoxy) is 1. The Bertz CT molecular complexity index is 209. The van der Waals surface area contributed by atoms with Gasteiger partial charge in [0.05, 0.1) is 13.2 Å². The highest BCUT2D eigenvalue weighted by molar-refractivity contribution is 5.75. The zero-order chi connectivity index (χ0) is 11.0. The highest BCUT2D eigenvalue weighted by Crippen LogP contribution is 2.05. The lowest BCUT2D eigenvalue weighted by Crippen LogP contribution is -2.39. The standard InChI is InChI=1S/C10H18N2O2/c1-8(2)7-9(10(13)14-3)12-6-4-5-11/h8-9,12H,4,6-7H2,1-3H3/t9-/m0/s1. The van der Waals surface area contributed by atoms with Crippen LogP contribution in [0.25, 0.3) is 0 Å². The summed E-state index contributed by atoms with van der Waals surface area (Å²) in [6.07, 6.45) is 1.14. The van der Waals surface area contributed by atoms with Crippen LogP contribution in [0.4, 0.5) is 0 Å². The van der Waals surface area contributed by atoms with Gasteiger partial charge in [0, 0.05) is 13.0 Å². The smallest absolute Gasteiger partial charge is 0.322 e. The lowest BCUT2D eigenvalue weighted by atomic mass is 10.0. The summed E-state index contributed by atoms with van der Waals surface area (Å²) >= 11 is 0. The number of nitrogens with one attached hydrogen (secondary N) is 1. The van der Waals surface area contributed by atoms with E-state index in [0.29, 0.717) is 18.9 Å². The van der Waals surface area contributed by atoms with Gasteiger partial charge in [0.1, 0.15) is 6.04 Å². The van der Waals surface area contributed by atoms with Crippen LogP contribution in [-0.2, 0) is 9.53 Å². The van der Waals surface area contributed by atoms with E-state index in [9.17, 15) is 4.79 Å². The van der Waals surface area contributed by atoms with Crippen molar-refractivity contribution in [1.82, 2.24) is 5.32 Å². The third-order valence-corrected chi connectivity index (χ3v) is 1.82. The summed E-state index contributed by atoms with van der Waals surface area (Å²) in [4.78, 5) is 11.3. The average Bonchev–Trinajstić information content (AvgIpc) is 2.15. The molecule has 0 unspecified atom stereocenters. The Morgan fingerprint density at radius 3 is 2.64 bits per heavy atom. The summed E-state index contributed by atoms with van der Waals surface area (Å²) in [5, 5.41) is 11.4. The summed E-state index contributed by atoms with van der Waals surface area (Å²) in [5.74, 6) is 0.172. The number of nitriles is 1. The van der Waals surface area contributed by atoms with Gasteiger partial charge in [0.15, 0.2) is 0 Å². The topological polar surface area (TPSA) is 62.1 Å². The van der Waals surface area contributed by atoms with Crippen molar-refractivity contribution in [3.05, 3.63) is 0 Å². The van der Waals surface area contributed by atoms with Crippen LogP contribution in [0.1, 0.15) is 26.7 Å². The van der Waals surface area contributed by atoms with Crippen molar-refractivity contribution in [1.29, 1.82) is 5.26 Å². The predicted octanol–water partition coefficient (Wildman–Crippen LogP) is 1.08. The van der Waals surface area contributed by atoms with E-state index in [0.717, 1.165) is 6.42 Å². The van der Waals surface area contributed by atoms with E-state index in [1.54, 1.807) is 0 Å². The predicted molar refractivity (Wildman–Crippen MR) is 53.5 cm³/mol. The first kappa shape index (κ1) is 12.9. The molecule has 0 aliphatic carbocycles. The molecule has 0 fully saturated rings. The van der Waals surface area contributed by atoms with Gasteiger partial charge in [-0.05, 0) is 12.3 Å². The van der Waals surface area contributed by atoms with Crippen LogP contribution in [-0.4, -0.2) is 25.7 Å². The van der Waals surface area contributed by atoms with Crippen LogP contribution in [0.5, 0.6) is 0 Å². The normalized spacial score (nSPS) is 12.2. The number of methoxy groups -OCH3 is 1. The van der Waals surface area contributed by atoms with Gasteiger partial charge in [0.2, 0.25) is 0 Å². The second kappa shape index (κ2) is 7.34. The molecule has 0 saturated heterocycles. The van der Waals surface area contributed by atoms with Crippen molar-refractivity contribution < 1.29 is 9.53 Å². The number of rotatable bonds is 6. The Balaban J connectivity index is 3.98. The zero-order valence-corrected chi connectivity index (χ0v) is 9.04. The molecular weight excluding hydrogens is 180 g/mol. The van der Waals surface area contributed by atoms with Crippen molar-refractivity contribution in [2.75, 3.05) is 13.7 Å². The Kier molecular flexibility index (Phi) is 6.77. The molecule has 0 bridgehead atoms. The van der Waals surface area contributed by atoms with E-state index in [4.69, 9.17) is 5.26 Å². The van der Waals surface area contributed by atoms with Gasteiger partial charge < -0.3 is 10.1 Å². The van der Waals surface area contributed by atoms with E-state index in [1.807, 2.05) is 19.9 Å². The fraction of sp³-hybridized carbons (Fsp3) is 0.800. The molecule has 0 aliphatic heterocycles. The van der Waals surface area contributed by atoms with Gasteiger partial charge in [0.25, 0.3) is 0 Å². The molecule has 4 nitrogen and oxygen atoms in total. The van der Waals surface area contributed by atoms with Gasteiger partial charge in [-0.15, -0.1) is 0 Å². The molecule has 0 aromatic carbocycles. The summed E-state index contributed by atoms with van der Waals surface area (Å²) < 4.78 is 4.66. The van der Waals surface area contributed by atoms with Crippen molar-refractivity contribution in [3.8, 4) is 6.07 Å². The molecule has 14 heavy (non-hydrogen) atoms. The highest BCUT2D eigenvalue weighted by Gasteiger charge is 2.19. The molecule has 1 N–H and O–H groups in total. The minimum absolute atomic E-state index is 0.253. The number of carbonyl (C=O) groups excluding carboxylic acids is 1. The maximum absolute atomic E-state index is 11.3. The second-order valence-corrected chi connectivity index (χ2v) is 3.57. The van der Waals surface area contributed by atoms with E-state index >= 15 is 0 Å². The second-order valence-electron chi connectivity index (χ2n) is 3.57. The van der Waals surface area contributed by atoms with Crippen LogP contribution < -0.4 is 5.32 Å². The fourth-order valence-electron chi connectivity index (χ4n) is 1.18. The third kappa shape index (κ3) is 5.55.